The zero-order valence-electron chi connectivity index (χ0n) is 37.6. The van der Waals surface area contributed by atoms with E-state index < -0.39 is 0 Å². The number of para-hydroxylation sites is 1. The largest absolute Gasteiger partial charge is 0.458 e. The molecule has 310 valence electrons. The molecule has 1 aromatic heterocycles. The molecular weight excluding hydrogens is 784 g/mol. The predicted octanol–water partition coefficient (Wildman–Crippen LogP) is 14.4. The van der Waals surface area contributed by atoms with Gasteiger partial charge in [-0.2, -0.15) is 0 Å². The maximum atomic E-state index is 6.90. The number of thiophene rings is 1. The van der Waals surface area contributed by atoms with Gasteiger partial charge in [-0.15, -0.1) is 11.3 Å². The molecular formula is C58H53BN2OS. The molecule has 0 fully saturated rings. The van der Waals surface area contributed by atoms with Gasteiger partial charge in [0.2, 0.25) is 0 Å². The summed E-state index contributed by atoms with van der Waals surface area (Å²) in [4.78, 5) is 5.05. The van der Waals surface area contributed by atoms with Gasteiger partial charge in [0.05, 0.1) is 5.69 Å². The van der Waals surface area contributed by atoms with Crippen molar-refractivity contribution >= 4 is 78.0 Å². The minimum atomic E-state index is 0.0290. The van der Waals surface area contributed by atoms with Crippen LogP contribution in [0.3, 0.4) is 0 Å². The summed E-state index contributed by atoms with van der Waals surface area (Å²) in [5.74, 6) is 1.86. The van der Waals surface area contributed by atoms with E-state index in [0.717, 1.165) is 35.6 Å². The van der Waals surface area contributed by atoms with Crippen LogP contribution in [0.25, 0.3) is 21.2 Å². The van der Waals surface area contributed by atoms with E-state index in [2.05, 4.69) is 217 Å². The van der Waals surface area contributed by atoms with Gasteiger partial charge in [0, 0.05) is 43.3 Å². The van der Waals surface area contributed by atoms with Crippen LogP contribution in [-0.4, -0.2) is 6.71 Å². The zero-order valence-corrected chi connectivity index (χ0v) is 38.5. The monoisotopic (exact) mass is 836 g/mol. The maximum Gasteiger partial charge on any atom is 0.268 e. The molecule has 8 aromatic rings. The Kier molecular flexibility index (Phi) is 8.12. The Morgan fingerprint density at radius 3 is 1.76 bits per heavy atom. The first-order chi connectivity index (χ1) is 30.2. The Hall–Kier alpha value is -6.04. The number of rotatable bonds is 5. The summed E-state index contributed by atoms with van der Waals surface area (Å²) in [6.07, 6.45) is 2.27. The first kappa shape index (κ1) is 38.6. The molecule has 0 saturated heterocycles. The predicted molar refractivity (Wildman–Crippen MR) is 269 cm³/mol. The van der Waals surface area contributed by atoms with Gasteiger partial charge in [0.15, 0.2) is 0 Å². The molecule has 0 radical (unpaired) electrons. The summed E-state index contributed by atoms with van der Waals surface area (Å²) in [5.41, 5.74) is 18.2. The van der Waals surface area contributed by atoms with E-state index in [4.69, 9.17) is 4.74 Å². The fraction of sp³-hybridized carbons (Fsp3) is 0.241. The highest BCUT2D eigenvalue weighted by Gasteiger charge is 2.46. The molecule has 2 aliphatic heterocycles. The maximum absolute atomic E-state index is 6.90. The minimum Gasteiger partial charge on any atom is -0.458 e. The Labute approximate surface area is 377 Å². The molecule has 3 nitrogen and oxygen atoms in total. The summed E-state index contributed by atoms with van der Waals surface area (Å²) in [6, 6.07) is 56.8. The van der Waals surface area contributed by atoms with E-state index in [0.29, 0.717) is 0 Å². The Morgan fingerprint density at radius 2 is 1.11 bits per heavy atom. The van der Waals surface area contributed by atoms with Gasteiger partial charge in [-0.05, 0) is 152 Å². The molecule has 7 aromatic carbocycles. The second-order valence-electron chi connectivity index (χ2n) is 21.2. The summed E-state index contributed by atoms with van der Waals surface area (Å²) in [7, 11) is 0. The third-order valence-electron chi connectivity index (χ3n) is 14.9. The third-order valence-corrected chi connectivity index (χ3v) is 16.1. The van der Waals surface area contributed by atoms with Crippen molar-refractivity contribution in [1.82, 2.24) is 0 Å². The van der Waals surface area contributed by atoms with E-state index in [1.54, 1.807) is 0 Å². The molecule has 0 saturated carbocycles. The van der Waals surface area contributed by atoms with Crippen LogP contribution in [0.4, 0.5) is 34.1 Å². The average molecular weight is 837 g/mol. The van der Waals surface area contributed by atoms with Gasteiger partial charge in [0.25, 0.3) is 6.71 Å². The van der Waals surface area contributed by atoms with Crippen molar-refractivity contribution in [3.8, 4) is 22.6 Å². The zero-order chi connectivity index (χ0) is 43.2. The molecule has 5 heteroatoms. The minimum absolute atomic E-state index is 0.0290. The van der Waals surface area contributed by atoms with Gasteiger partial charge in [-0.25, -0.2) is 0 Å². The second kappa shape index (κ2) is 13.2. The number of hydrogen-bond donors (Lipinski definition) is 0. The van der Waals surface area contributed by atoms with Gasteiger partial charge in [0.1, 0.15) is 11.5 Å². The van der Waals surface area contributed by atoms with Crippen molar-refractivity contribution in [1.29, 1.82) is 0 Å². The van der Waals surface area contributed by atoms with Crippen molar-refractivity contribution in [2.45, 2.75) is 89.9 Å². The van der Waals surface area contributed by atoms with Crippen LogP contribution in [0, 0.1) is 0 Å². The number of hydrogen-bond acceptors (Lipinski definition) is 4. The average Bonchev–Trinajstić information content (AvgIpc) is 3.80. The highest BCUT2D eigenvalue weighted by Crippen LogP contribution is 2.54. The fourth-order valence-electron chi connectivity index (χ4n) is 12.6. The van der Waals surface area contributed by atoms with Crippen molar-refractivity contribution < 1.29 is 4.74 Å². The first-order valence-electron chi connectivity index (χ1n) is 22.7. The summed E-state index contributed by atoms with van der Waals surface area (Å²) < 4.78 is 9.52. The molecule has 12 rings (SSSR count). The smallest absolute Gasteiger partial charge is 0.268 e. The van der Waals surface area contributed by atoms with Gasteiger partial charge < -0.3 is 14.5 Å². The second-order valence-corrected chi connectivity index (χ2v) is 22.3. The van der Waals surface area contributed by atoms with E-state index in [1.807, 2.05) is 11.3 Å². The standard InChI is InChI=1S/C58H53BN2OS/c1-55(2)34-57(5,6)45-32-40(23-26-43(45)55)60(41-24-27-44-46(33-41)58(7,8)35-56(44,3)4)39-25-29-51-42(31-39)53-54(63-51)59-47-28-22-37(36-16-11-9-12-17-36)30-50(47)62-49-21-15-20-48(52(49)59)61(53)38-18-13-10-14-19-38/h9-33H,34-35H2,1-8H3. The van der Waals surface area contributed by atoms with Crippen LogP contribution < -0.4 is 30.2 Å². The lowest BCUT2D eigenvalue weighted by atomic mass is 9.37. The van der Waals surface area contributed by atoms with Crippen molar-refractivity contribution in [3.63, 3.8) is 0 Å². The lowest BCUT2D eigenvalue weighted by molar-refractivity contribution is 0.403. The molecule has 0 unspecified atom stereocenters. The SMILES string of the molecule is CC1(C)CC(C)(C)c2cc(N(c3ccc4c(c3)C(C)(C)CC4(C)C)c3ccc4sc5c(c4c3)N(c3ccccc3)c3cccc4c3B5c3ccc(-c5ccccc5)cc3O4)ccc21. The van der Waals surface area contributed by atoms with Crippen LogP contribution in [-0.2, 0) is 21.7 Å². The molecule has 63 heavy (non-hydrogen) atoms. The topological polar surface area (TPSA) is 15.7 Å². The number of ether oxygens (including phenoxy) is 1. The van der Waals surface area contributed by atoms with Gasteiger partial charge >= 0.3 is 0 Å². The number of anilines is 6. The van der Waals surface area contributed by atoms with Crippen molar-refractivity contribution in [2.75, 3.05) is 9.80 Å². The lowest BCUT2D eigenvalue weighted by Gasteiger charge is -2.38. The molecule has 4 aliphatic rings. The normalized spacial score (nSPS) is 17.7. The Balaban J connectivity index is 1.09. The molecule has 0 amide bonds. The third kappa shape index (κ3) is 5.78. The highest BCUT2D eigenvalue weighted by atomic mass is 32.1. The van der Waals surface area contributed by atoms with Gasteiger partial charge in [-0.3, -0.25) is 0 Å². The molecule has 0 N–H and O–H groups in total. The van der Waals surface area contributed by atoms with Crippen molar-refractivity contribution in [2.24, 2.45) is 0 Å². The van der Waals surface area contributed by atoms with Crippen LogP contribution in [0.5, 0.6) is 11.5 Å². The van der Waals surface area contributed by atoms with E-state index in [1.165, 1.54) is 82.0 Å². The summed E-state index contributed by atoms with van der Waals surface area (Å²) in [6.45, 7) is 19.4. The van der Waals surface area contributed by atoms with E-state index in [9.17, 15) is 0 Å². The lowest BCUT2D eigenvalue weighted by Crippen LogP contribution is -2.58. The van der Waals surface area contributed by atoms with Crippen molar-refractivity contribution in [3.05, 3.63) is 174 Å². The highest BCUT2D eigenvalue weighted by molar-refractivity contribution is 7.33. The molecule has 2 aliphatic carbocycles. The Morgan fingerprint density at radius 1 is 0.524 bits per heavy atom. The molecule has 0 atom stereocenters. The van der Waals surface area contributed by atoms with E-state index in [-0.39, 0.29) is 28.4 Å². The van der Waals surface area contributed by atoms with Crippen LogP contribution in [0.1, 0.15) is 90.5 Å². The molecule has 0 spiro atoms. The van der Waals surface area contributed by atoms with Crippen LogP contribution in [0.15, 0.2) is 152 Å². The summed E-state index contributed by atoms with van der Waals surface area (Å²) in [5, 5.41) is 1.26. The number of nitrogens with zero attached hydrogens (tertiary/aromatic N) is 2. The Bertz CT molecular complexity index is 3100. The number of benzene rings is 7. The summed E-state index contributed by atoms with van der Waals surface area (Å²) >= 11 is 1.93. The van der Waals surface area contributed by atoms with Crippen LogP contribution >= 0.6 is 11.3 Å². The van der Waals surface area contributed by atoms with Gasteiger partial charge in [-0.1, -0.05) is 134 Å². The van der Waals surface area contributed by atoms with Crippen LogP contribution in [0.2, 0.25) is 0 Å². The first-order valence-corrected chi connectivity index (χ1v) is 23.5. The quantitative estimate of drug-likeness (QED) is 0.161. The number of fused-ring (bicyclic) bond motifs is 8. The fourth-order valence-corrected chi connectivity index (χ4v) is 13.9. The molecule has 3 heterocycles. The molecule has 0 bridgehead atoms. The van der Waals surface area contributed by atoms with E-state index >= 15 is 0 Å².